The van der Waals surface area contributed by atoms with E-state index in [4.69, 9.17) is 0 Å². The molecule has 25 heavy (non-hydrogen) atoms. The minimum absolute atomic E-state index is 0.0106. The monoisotopic (exact) mass is 343 g/mol. The summed E-state index contributed by atoms with van der Waals surface area (Å²) in [5, 5.41) is 22.4. The molecular formula is C21H29NO3. The zero-order valence-electron chi connectivity index (χ0n) is 15.5. The molecule has 0 radical (unpaired) electrons. The molecule has 0 spiro atoms. The van der Waals surface area contributed by atoms with Gasteiger partial charge < -0.3 is 10.2 Å². The molecule has 0 aromatic heterocycles. The Kier molecular flexibility index (Phi) is 3.38. The normalized spacial score (nSPS) is 54.4. The molecular weight excluding hydrogens is 314 g/mol. The number of ketones is 1. The van der Waals surface area contributed by atoms with Gasteiger partial charge in [-0.15, -0.1) is 0 Å². The Morgan fingerprint density at radius 1 is 1.20 bits per heavy atom. The van der Waals surface area contributed by atoms with Crippen LogP contribution in [-0.4, -0.2) is 40.0 Å². The van der Waals surface area contributed by atoms with Crippen molar-refractivity contribution in [2.75, 3.05) is 0 Å². The fraction of sp³-hybridized carbons (Fsp3) is 0.714. The molecule has 1 unspecified atom stereocenters. The summed E-state index contributed by atoms with van der Waals surface area (Å²) in [6, 6.07) is 0. The quantitative estimate of drug-likeness (QED) is 0.719. The van der Waals surface area contributed by atoms with Crippen molar-refractivity contribution in [3.63, 3.8) is 0 Å². The van der Waals surface area contributed by atoms with Crippen molar-refractivity contribution in [3.05, 3.63) is 23.8 Å². The van der Waals surface area contributed by atoms with E-state index in [0.29, 0.717) is 19.3 Å². The van der Waals surface area contributed by atoms with E-state index in [2.05, 4.69) is 18.6 Å². The Hall–Kier alpha value is -1.26. The first-order valence-corrected chi connectivity index (χ1v) is 9.45. The van der Waals surface area contributed by atoms with E-state index in [1.807, 2.05) is 19.9 Å². The lowest BCUT2D eigenvalue weighted by molar-refractivity contribution is -0.192. The summed E-state index contributed by atoms with van der Waals surface area (Å²) in [7, 11) is 0. The molecule has 0 amide bonds. The van der Waals surface area contributed by atoms with Crippen molar-refractivity contribution < 1.29 is 15.0 Å². The highest BCUT2D eigenvalue weighted by Gasteiger charge is 2.68. The lowest BCUT2D eigenvalue weighted by atomic mass is 9.44. The average molecular weight is 343 g/mol. The molecule has 4 aliphatic carbocycles. The number of aliphatic imine (C=N–C) groups is 1. The number of carbonyl (C=O) groups excluding carboxylic acids is 1. The molecule has 4 aliphatic rings. The van der Waals surface area contributed by atoms with Crippen molar-refractivity contribution >= 4 is 12.5 Å². The Morgan fingerprint density at radius 3 is 2.60 bits per heavy atom. The Balaban J connectivity index is 1.87. The first-order chi connectivity index (χ1) is 11.6. The minimum Gasteiger partial charge on any atom is -0.392 e. The van der Waals surface area contributed by atoms with Gasteiger partial charge in [0.1, 0.15) is 0 Å². The fourth-order valence-corrected chi connectivity index (χ4v) is 6.70. The van der Waals surface area contributed by atoms with Crippen molar-refractivity contribution in [2.24, 2.45) is 27.7 Å². The third-order valence-corrected chi connectivity index (χ3v) is 8.37. The Morgan fingerprint density at radius 2 is 1.92 bits per heavy atom. The molecule has 136 valence electrons. The minimum atomic E-state index is -0.884. The largest absolute Gasteiger partial charge is 0.392 e. The molecule has 0 aliphatic heterocycles. The highest BCUT2D eigenvalue weighted by molar-refractivity contribution is 6.01. The van der Waals surface area contributed by atoms with Gasteiger partial charge in [0, 0.05) is 10.8 Å². The fourth-order valence-electron chi connectivity index (χ4n) is 6.70. The number of hydrogen-bond acceptors (Lipinski definition) is 4. The van der Waals surface area contributed by atoms with Crippen molar-refractivity contribution in [1.29, 1.82) is 0 Å². The van der Waals surface area contributed by atoms with Gasteiger partial charge in [-0.1, -0.05) is 19.9 Å². The van der Waals surface area contributed by atoms with Crippen LogP contribution in [0.4, 0.5) is 0 Å². The van der Waals surface area contributed by atoms with Crippen LogP contribution in [0.25, 0.3) is 0 Å². The van der Waals surface area contributed by atoms with Crippen LogP contribution in [-0.2, 0) is 4.79 Å². The second kappa shape index (κ2) is 4.92. The third kappa shape index (κ3) is 1.90. The predicted octanol–water partition coefficient (Wildman–Crippen LogP) is 2.84. The van der Waals surface area contributed by atoms with Gasteiger partial charge in [-0.3, -0.25) is 9.79 Å². The smallest absolute Gasteiger partial charge is 0.178 e. The van der Waals surface area contributed by atoms with Crippen LogP contribution in [0.2, 0.25) is 0 Å². The molecule has 3 fully saturated rings. The first kappa shape index (κ1) is 17.2. The second-order valence-electron chi connectivity index (χ2n) is 9.36. The third-order valence-electron chi connectivity index (χ3n) is 8.37. The summed E-state index contributed by atoms with van der Waals surface area (Å²) in [5.74, 6) is 0.302. The maximum Gasteiger partial charge on any atom is 0.178 e. The van der Waals surface area contributed by atoms with E-state index in [1.54, 1.807) is 12.2 Å². The zero-order chi connectivity index (χ0) is 18.3. The van der Waals surface area contributed by atoms with Crippen LogP contribution >= 0.6 is 0 Å². The summed E-state index contributed by atoms with van der Waals surface area (Å²) in [6.07, 6.45) is 8.72. The van der Waals surface area contributed by atoms with Crippen molar-refractivity contribution in [3.8, 4) is 0 Å². The van der Waals surface area contributed by atoms with Crippen molar-refractivity contribution in [1.82, 2.24) is 0 Å². The van der Waals surface area contributed by atoms with E-state index < -0.39 is 22.7 Å². The zero-order valence-corrected chi connectivity index (χ0v) is 15.5. The van der Waals surface area contributed by atoms with Crippen LogP contribution in [0, 0.1) is 22.7 Å². The number of carbonyl (C=O) groups is 1. The van der Waals surface area contributed by atoms with Gasteiger partial charge in [-0.05, 0) is 75.3 Å². The molecule has 0 aromatic carbocycles. The molecule has 4 rings (SSSR count). The van der Waals surface area contributed by atoms with Crippen LogP contribution in [0.15, 0.2) is 28.8 Å². The molecule has 3 saturated carbocycles. The number of rotatable bonds is 1. The van der Waals surface area contributed by atoms with Crippen LogP contribution in [0.3, 0.4) is 0 Å². The highest BCUT2D eigenvalue weighted by atomic mass is 16.3. The highest BCUT2D eigenvalue weighted by Crippen LogP contribution is 2.68. The lowest BCUT2D eigenvalue weighted by Crippen LogP contribution is -2.64. The average Bonchev–Trinajstić information content (AvgIpc) is 2.81. The molecule has 0 heterocycles. The SMILES string of the molecule is C=N[C@@]1(C)C[C@@H]2[C@H](CC[C@]3(C)C(O)CC[C@@]23O)[C@@]2(C)C=CC(=O)C=C21. The van der Waals surface area contributed by atoms with Crippen LogP contribution < -0.4 is 0 Å². The van der Waals surface area contributed by atoms with Gasteiger partial charge in [-0.2, -0.15) is 0 Å². The second-order valence-corrected chi connectivity index (χ2v) is 9.36. The van der Waals surface area contributed by atoms with E-state index in [0.717, 1.165) is 18.4 Å². The van der Waals surface area contributed by atoms with E-state index >= 15 is 0 Å². The Bertz CT molecular complexity index is 712. The number of allylic oxidation sites excluding steroid dienone is 3. The van der Waals surface area contributed by atoms with Gasteiger partial charge in [0.15, 0.2) is 5.78 Å². The van der Waals surface area contributed by atoms with Gasteiger partial charge in [0.05, 0.1) is 17.2 Å². The van der Waals surface area contributed by atoms with Gasteiger partial charge in [0.25, 0.3) is 0 Å². The first-order valence-electron chi connectivity index (χ1n) is 9.45. The Labute approximate surface area is 149 Å². The van der Waals surface area contributed by atoms with E-state index in [1.165, 1.54) is 0 Å². The van der Waals surface area contributed by atoms with Gasteiger partial charge in [0.2, 0.25) is 0 Å². The molecule has 0 saturated heterocycles. The van der Waals surface area contributed by atoms with E-state index in [9.17, 15) is 15.0 Å². The molecule has 4 heteroatoms. The lowest BCUT2D eigenvalue weighted by Gasteiger charge is -2.63. The summed E-state index contributed by atoms with van der Waals surface area (Å²) in [4.78, 5) is 16.5. The summed E-state index contributed by atoms with van der Waals surface area (Å²) in [5.41, 5.74) is -1.16. The number of nitrogens with zero attached hydrogens (tertiary/aromatic N) is 1. The topological polar surface area (TPSA) is 69.9 Å². The predicted molar refractivity (Wildman–Crippen MR) is 97.4 cm³/mol. The summed E-state index contributed by atoms with van der Waals surface area (Å²) in [6.45, 7) is 10.1. The standard InChI is InChI=1S/C21H29NO3/c1-18-8-5-13(23)11-16(18)20(3,22-4)12-15-14(18)6-9-19(2)17(24)7-10-21(15,19)25/h5,8,11,14-15,17,24-25H,4,6-7,9-10,12H2,1-3H3/t14-,15+,17?,18+,19+,20-,21+/m0/s1. The number of aliphatic hydroxyl groups excluding tert-OH is 1. The molecule has 0 bridgehead atoms. The maximum atomic E-state index is 12.1. The van der Waals surface area contributed by atoms with Gasteiger partial charge in [-0.25, -0.2) is 0 Å². The molecule has 2 N–H and O–H groups in total. The summed E-state index contributed by atoms with van der Waals surface area (Å²) < 4.78 is 0. The number of fused-ring (bicyclic) bond motifs is 5. The number of aliphatic hydroxyl groups is 2. The molecule has 4 nitrogen and oxygen atoms in total. The van der Waals surface area contributed by atoms with Crippen molar-refractivity contribution in [2.45, 2.75) is 70.1 Å². The van der Waals surface area contributed by atoms with Crippen LogP contribution in [0.5, 0.6) is 0 Å². The van der Waals surface area contributed by atoms with Crippen LogP contribution in [0.1, 0.15) is 52.9 Å². The molecule has 0 aromatic rings. The molecule has 7 atom stereocenters. The van der Waals surface area contributed by atoms with E-state index in [-0.39, 0.29) is 23.0 Å². The van der Waals surface area contributed by atoms with Gasteiger partial charge >= 0.3 is 0 Å². The maximum absolute atomic E-state index is 12.1. The number of hydrogen-bond donors (Lipinski definition) is 2. The summed E-state index contributed by atoms with van der Waals surface area (Å²) >= 11 is 0.